The summed E-state index contributed by atoms with van der Waals surface area (Å²) in [5.74, 6) is 1.66. The minimum atomic E-state index is 0.413. The van der Waals surface area contributed by atoms with Crippen LogP contribution in [0.1, 0.15) is 25.7 Å². The van der Waals surface area contributed by atoms with E-state index in [0.29, 0.717) is 12.0 Å². The standard InChI is InChI=1S/C15H20N4/c16-12-7-5-11(6-8-12)9-17-15-13-3-1-2-4-14(13)18-10-19-15/h1-4,10-12H,5-9,16H2,(H,17,18,19). The molecule has 2 aromatic rings. The van der Waals surface area contributed by atoms with E-state index in [1.807, 2.05) is 18.2 Å². The first-order valence-corrected chi connectivity index (χ1v) is 7.02. The molecule has 3 rings (SSSR count). The molecule has 100 valence electrons. The van der Waals surface area contributed by atoms with Gasteiger partial charge in [0, 0.05) is 18.0 Å². The summed E-state index contributed by atoms with van der Waals surface area (Å²) in [7, 11) is 0. The lowest BCUT2D eigenvalue weighted by molar-refractivity contribution is 0.338. The van der Waals surface area contributed by atoms with Crippen LogP contribution in [0.15, 0.2) is 30.6 Å². The average molecular weight is 256 g/mol. The van der Waals surface area contributed by atoms with E-state index in [4.69, 9.17) is 5.73 Å². The minimum absolute atomic E-state index is 0.413. The zero-order chi connectivity index (χ0) is 13.1. The molecule has 0 saturated heterocycles. The maximum Gasteiger partial charge on any atom is 0.137 e. The Kier molecular flexibility index (Phi) is 3.60. The smallest absolute Gasteiger partial charge is 0.137 e. The molecule has 1 aliphatic rings. The van der Waals surface area contributed by atoms with Crippen LogP contribution in [-0.2, 0) is 0 Å². The monoisotopic (exact) mass is 256 g/mol. The molecule has 1 aromatic carbocycles. The van der Waals surface area contributed by atoms with Crippen molar-refractivity contribution < 1.29 is 0 Å². The molecular weight excluding hydrogens is 236 g/mol. The molecule has 1 aromatic heterocycles. The lowest BCUT2D eigenvalue weighted by Gasteiger charge is -2.26. The van der Waals surface area contributed by atoms with Crippen molar-refractivity contribution in [2.45, 2.75) is 31.7 Å². The average Bonchev–Trinajstić information content (AvgIpc) is 2.47. The number of benzene rings is 1. The van der Waals surface area contributed by atoms with Gasteiger partial charge >= 0.3 is 0 Å². The zero-order valence-corrected chi connectivity index (χ0v) is 11.0. The SMILES string of the molecule is NC1CCC(CNc2ncnc3ccccc23)CC1. The fourth-order valence-electron chi connectivity index (χ4n) is 2.78. The van der Waals surface area contributed by atoms with Crippen LogP contribution in [0.4, 0.5) is 5.82 Å². The Morgan fingerprint density at radius 2 is 1.89 bits per heavy atom. The van der Waals surface area contributed by atoms with E-state index < -0.39 is 0 Å². The van der Waals surface area contributed by atoms with Crippen LogP contribution in [0.3, 0.4) is 0 Å². The first kappa shape index (κ1) is 12.4. The van der Waals surface area contributed by atoms with Crippen LogP contribution < -0.4 is 11.1 Å². The molecule has 0 amide bonds. The number of para-hydroxylation sites is 1. The maximum atomic E-state index is 5.94. The molecule has 0 unspecified atom stereocenters. The number of nitrogens with two attached hydrogens (primary N) is 1. The quantitative estimate of drug-likeness (QED) is 0.886. The van der Waals surface area contributed by atoms with E-state index in [1.165, 1.54) is 12.8 Å². The molecule has 1 heterocycles. The fraction of sp³-hybridized carbons (Fsp3) is 0.467. The van der Waals surface area contributed by atoms with Gasteiger partial charge in [0.15, 0.2) is 0 Å². The molecule has 3 N–H and O–H groups in total. The van der Waals surface area contributed by atoms with Gasteiger partial charge in [-0.15, -0.1) is 0 Å². The largest absolute Gasteiger partial charge is 0.369 e. The number of rotatable bonds is 3. The molecule has 1 fully saturated rings. The molecule has 0 atom stereocenters. The minimum Gasteiger partial charge on any atom is -0.369 e. The predicted octanol–water partition coefficient (Wildman–Crippen LogP) is 2.56. The van der Waals surface area contributed by atoms with Crippen molar-refractivity contribution in [1.29, 1.82) is 0 Å². The van der Waals surface area contributed by atoms with Crippen LogP contribution in [0.2, 0.25) is 0 Å². The molecule has 0 radical (unpaired) electrons. The van der Waals surface area contributed by atoms with Gasteiger partial charge in [-0.25, -0.2) is 9.97 Å². The summed E-state index contributed by atoms with van der Waals surface area (Å²) in [5.41, 5.74) is 6.93. The molecule has 19 heavy (non-hydrogen) atoms. The Bertz CT molecular complexity index is 541. The lowest BCUT2D eigenvalue weighted by Crippen LogP contribution is -2.29. The van der Waals surface area contributed by atoms with Gasteiger partial charge in [-0.1, -0.05) is 12.1 Å². The van der Waals surface area contributed by atoms with E-state index in [9.17, 15) is 0 Å². The van der Waals surface area contributed by atoms with E-state index >= 15 is 0 Å². The predicted molar refractivity (Wildman–Crippen MR) is 78.0 cm³/mol. The van der Waals surface area contributed by atoms with Crippen molar-refractivity contribution in [1.82, 2.24) is 9.97 Å². The number of aromatic nitrogens is 2. The lowest BCUT2D eigenvalue weighted by atomic mass is 9.86. The molecule has 1 aliphatic carbocycles. The highest BCUT2D eigenvalue weighted by molar-refractivity contribution is 5.88. The van der Waals surface area contributed by atoms with Gasteiger partial charge in [-0.3, -0.25) is 0 Å². The van der Waals surface area contributed by atoms with Gasteiger partial charge in [0.25, 0.3) is 0 Å². The Balaban J connectivity index is 1.68. The van der Waals surface area contributed by atoms with Crippen molar-refractivity contribution >= 4 is 16.7 Å². The van der Waals surface area contributed by atoms with Crippen molar-refractivity contribution in [2.24, 2.45) is 11.7 Å². The number of hydrogen-bond donors (Lipinski definition) is 2. The van der Waals surface area contributed by atoms with Gasteiger partial charge in [-0.05, 0) is 43.7 Å². The van der Waals surface area contributed by atoms with Gasteiger partial charge in [0.1, 0.15) is 12.1 Å². The number of hydrogen-bond acceptors (Lipinski definition) is 4. The maximum absolute atomic E-state index is 5.94. The summed E-state index contributed by atoms with van der Waals surface area (Å²) in [5, 5.41) is 4.58. The topological polar surface area (TPSA) is 63.8 Å². The van der Waals surface area contributed by atoms with Gasteiger partial charge in [0.05, 0.1) is 5.52 Å². The van der Waals surface area contributed by atoms with Gasteiger partial charge < -0.3 is 11.1 Å². The molecule has 1 saturated carbocycles. The molecule has 4 nitrogen and oxygen atoms in total. The summed E-state index contributed by atoms with van der Waals surface area (Å²) in [6.45, 7) is 0.980. The summed E-state index contributed by atoms with van der Waals surface area (Å²) in [6, 6.07) is 8.52. The first-order valence-electron chi connectivity index (χ1n) is 7.02. The molecule has 0 aliphatic heterocycles. The highest BCUT2D eigenvalue weighted by Crippen LogP contribution is 2.24. The van der Waals surface area contributed by atoms with E-state index in [0.717, 1.165) is 36.1 Å². The van der Waals surface area contributed by atoms with E-state index in [-0.39, 0.29) is 0 Å². The second kappa shape index (κ2) is 5.53. The van der Waals surface area contributed by atoms with E-state index in [2.05, 4.69) is 21.4 Å². The van der Waals surface area contributed by atoms with E-state index in [1.54, 1.807) is 6.33 Å². The number of anilines is 1. The van der Waals surface area contributed by atoms with Crippen molar-refractivity contribution in [3.8, 4) is 0 Å². The third-order valence-corrected chi connectivity index (χ3v) is 3.99. The molecule has 4 heteroatoms. The van der Waals surface area contributed by atoms with Crippen molar-refractivity contribution in [3.05, 3.63) is 30.6 Å². The van der Waals surface area contributed by atoms with Crippen LogP contribution in [-0.4, -0.2) is 22.6 Å². The summed E-state index contributed by atoms with van der Waals surface area (Å²) < 4.78 is 0. The summed E-state index contributed by atoms with van der Waals surface area (Å²) >= 11 is 0. The fourth-order valence-corrected chi connectivity index (χ4v) is 2.78. The third-order valence-electron chi connectivity index (χ3n) is 3.99. The van der Waals surface area contributed by atoms with Crippen LogP contribution in [0, 0.1) is 5.92 Å². The van der Waals surface area contributed by atoms with Crippen LogP contribution >= 0.6 is 0 Å². The second-order valence-corrected chi connectivity index (χ2v) is 5.40. The highest BCUT2D eigenvalue weighted by Gasteiger charge is 2.18. The molecule has 0 bridgehead atoms. The number of nitrogens with zero attached hydrogens (tertiary/aromatic N) is 2. The molecular formula is C15H20N4. The highest BCUT2D eigenvalue weighted by atomic mass is 15.0. The van der Waals surface area contributed by atoms with Crippen molar-refractivity contribution in [3.63, 3.8) is 0 Å². The number of fused-ring (bicyclic) bond motifs is 1. The van der Waals surface area contributed by atoms with Crippen molar-refractivity contribution in [2.75, 3.05) is 11.9 Å². The normalized spacial score (nSPS) is 23.4. The zero-order valence-electron chi connectivity index (χ0n) is 11.0. The summed E-state index contributed by atoms with van der Waals surface area (Å²) in [6.07, 6.45) is 6.36. The Morgan fingerprint density at radius 1 is 1.11 bits per heavy atom. The van der Waals surface area contributed by atoms with Gasteiger partial charge in [-0.2, -0.15) is 0 Å². The Morgan fingerprint density at radius 3 is 2.74 bits per heavy atom. The molecule has 0 spiro atoms. The number of nitrogens with one attached hydrogen (secondary N) is 1. The Labute approximate surface area is 113 Å². The second-order valence-electron chi connectivity index (χ2n) is 5.40. The van der Waals surface area contributed by atoms with Crippen LogP contribution in [0.25, 0.3) is 10.9 Å². The van der Waals surface area contributed by atoms with Gasteiger partial charge in [0.2, 0.25) is 0 Å². The third kappa shape index (κ3) is 2.84. The first-order chi connectivity index (χ1) is 9.33. The Hall–Kier alpha value is -1.68. The van der Waals surface area contributed by atoms with Crippen LogP contribution in [0.5, 0.6) is 0 Å². The summed E-state index contributed by atoms with van der Waals surface area (Å²) in [4.78, 5) is 8.64.